The van der Waals surface area contributed by atoms with Gasteiger partial charge in [0.2, 0.25) is 11.8 Å². The van der Waals surface area contributed by atoms with E-state index in [2.05, 4.69) is 70.5 Å². The summed E-state index contributed by atoms with van der Waals surface area (Å²) >= 11 is 0. The van der Waals surface area contributed by atoms with Gasteiger partial charge < -0.3 is 21.3 Å². The Bertz CT molecular complexity index is 1560. The predicted molar refractivity (Wildman–Crippen MR) is 181 cm³/mol. The topological polar surface area (TPSA) is 123 Å². The number of amides is 2. The molecule has 0 spiro atoms. The zero-order valence-corrected chi connectivity index (χ0v) is 26.1. The van der Waals surface area contributed by atoms with E-state index in [9.17, 15) is 9.59 Å². The number of carbonyl (C=O) groups excluding carboxylic acids is 2. The van der Waals surface area contributed by atoms with Crippen LogP contribution in [0.3, 0.4) is 0 Å². The molecule has 1 aliphatic heterocycles. The van der Waals surface area contributed by atoms with Crippen LogP contribution in [-0.4, -0.2) is 59.9 Å². The van der Waals surface area contributed by atoms with Crippen molar-refractivity contribution in [2.75, 3.05) is 13.1 Å². The molecule has 1 unspecified atom stereocenters. The van der Waals surface area contributed by atoms with E-state index in [-0.39, 0.29) is 35.8 Å². The monoisotopic (exact) mass is 604 g/mol. The molecule has 4 atom stereocenters. The average molecular weight is 605 g/mol. The zero-order chi connectivity index (χ0) is 31.8. The summed E-state index contributed by atoms with van der Waals surface area (Å²) in [4.78, 5) is 28.9. The van der Waals surface area contributed by atoms with Gasteiger partial charge in [-0.15, -0.1) is 0 Å². The van der Waals surface area contributed by atoms with E-state index in [4.69, 9.17) is 11.1 Å². The van der Waals surface area contributed by atoms with Crippen LogP contribution in [0.15, 0.2) is 103 Å². The summed E-state index contributed by atoms with van der Waals surface area (Å²) in [7, 11) is 0. The molecule has 0 radical (unpaired) electrons. The summed E-state index contributed by atoms with van der Waals surface area (Å²) in [5.41, 5.74) is 9.19. The van der Waals surface area contributed by atoms with Gasteiger partial charge in [0.25, 0.3) is 0 Å². The summed E-state index contributed by atoms with van der Waals surface area (Å²) in [5, 5.41) is 20.1. The number of carbonyl (C=O) groups is 2. The minimum absolute atomic E-state index is 0.0156. The van der Waals surface area contributed by atoms with E-state index in [1.807, 2.05) is 60.4 Å². The molecule has 4 aromatic rings. The molecule has 6 N–H and O–H groups in total. The smallest absolute Gasteiger partial charge is 0.241 e. The van der Waals surface area contributed by atoms with Crippen molar-refractivity contribution in [2.24, 2.45) is 5.73 Å². The molecule has 8 heteroatoms. The lowest BCUT2D eigenvalue weighted by Gasteiger charge is -2.34. The Balaban J connectivity index is 1.47. The van der Waals surface area contributed by atoms with Crippen LogP contribution in [0, 0.1) is 5.41 Å². The van der Waals surface area contributed by atoms with Gasteiger partial charge in [-0.3, -0.25) is 20.3 Å². The van der Waals surface area contributed by atoms with Crippen molar-refractivity contribution in [3.63, 3.8) is 0 Å². The van der Waals surface area contributed by atoms with Gasteiger partial charge in [-0.2, -0.15) is 0 Å². The molecule has 45 heavy (non-hydrogen) atoms. The lowest BCUT2D eigenvalue weighted by atomic mass is 9.90. The highest BCUT2D eigenvalue weighted by Crippen LogP contribution is 2.28. The second-order valence-electron chi connectivity index (χ2n) is 12.0. The van der Waals surface area contributed by atoms with Gasteiger partial charge in [0.15, 0.2) is 5.96 Å². The Hall–Kier alpha value is -4.69. The van der Waals surface area contributed by atoms with E-state index in [1.54, 1.807) is 0 Å². The number of fused-ring (bicyclic) bond motifs is 1. The summed E-state index contributed by atoms with van der Waals surface area (Å²) in [6.07, 6.45) is 1.84. The number of benzene rings is 4. The molecule has 1 aliphatic rings. The highest BCUT2D eigenvalue weighted by molar-refractivity contribution is 5.85. The molecule has 5 rings (SSSR count). The fourth-order valence-electron chi connectivity index (χ4n) is 6.56. The minimum Gasteiger partial charge on any atom is -0.370 e. The standard InChI is InChI=1S/C37H44N6O2/c1-3-32(42-37(38)39)35-36(45)43(24-31(28-13-6-4-7-14-28)29-15-8-5-9-16-29)21-20-33(41-35)34(40-25(2)44)23-26-18-19-27-12-10-11-17-30(27)22-26/h4-19,22,31-35,41H,3,20-21,23-24H2,1-2H3,(H,40,44)(H4,38,39,42)/t32?,33-,34+,35+/m1/s1. The Labute approximate surface area is 265 Å². The lowest BCUT2D eigenvalue weighted by Crippen LogP contribution is -2.61. The quantitative estimate of drug-likeness (QED) is 0.127. The van der Waals surface area contributed by atoms with E-state index < -0.39 is 12.1 Å². The molecular formula is C37H44N6O2. The van der Waals surface area contributed by atoms with Crippen molar-refractivity contribution < 1.29 is 9.59 Å². The Kier molecular flexibility index (Phi) is 10.5. The molecule has 0 aliphatic carbocycles. The van der Waals surface area contributed by atoms with Gasteiger partial charge in [0, 0.05) is 38.0 Å². The molecular weight excluding hydrogens is 560 g/mol. The van der Waals surface area contributed by atoms with Gasteiger partial charge >= 0.3 is 0 Å². The molecule has 2 amide bonds. The van der Waals surface area contributed by atoms with Crippen molar-refractivity contribution in [3.8, 4) is 0 Å². The zero-order valence-electron chi connectivity index (χ0n) is 26.1. The van der Waals surface area contributed by atoms with Crippen molar-refractivity contribution in [1.29, 1.82) is 5.41 Å². The average Bonchev–Trinajstić information content (AvgIpc) is 3.21. The Morgan fingerprint density at radius 1 is 0.911 bits per heavy atom. The normalized spacial score (nSPS) is 18.3. The minimum atomic E-state index is -0.647. The molecule has 234 valence electrons. The fraction of sp³-hybridized carbons (Fsp3) is 0.324. The van der Waals surface area contributed by atoms with Crippen LogP contribution in [0.4, 0.5) is 0 Å². The van der Waals surface area contributed by atoms with Crippen LogP contribution in [0.1, 0.15) is 49.3 Å². The number of hydrogen-bond acceptors (Lipinski definition) is 4. The van der Waals surface area contributed by atoms with Gasteiger partial charge in [-0.25, -0.2) is 0 Å². The molecule has 0 aromatic heterocycles. The van der Waals surface area contributed by atoms with E-state index in [0.717, 1.165) is 22.1 Å². The van der Waals surface area contributed by atoms with E-state index in [0.29, 0.717) is 32.4 Å². The second-order valence-corrected chi connectivity index (χ2v) is 12.0. The van der Waals surface area contributed by atoms with Crippen molar-refractivity contribution in [2.45, 2.75) is 63.2 Å². The van der Waals surface area contributed by atoms with Crippen LogP contribution in [0.25, 0.3) is 10.8 Å². The van der Waals surface area contributed by atoms with Crippen LogP contribution in [0.2, 0.25) is 0 Å². The second kappa shape index (κ2) is 14.9. The molecule has 0 saturated carbocycles. The van der Waals surface area contributed by atoms with Gasteiger partial charge in [-0.05, 0) is 46.7 Å². The summed E-state index contributed by atoms with van der Waals surface area (Å²) < 4.78 is 0. The highest BCUT2D eigenvalue weighted by atomic mass is 16.2. The first-order valence-electron chi connectivity index (χ1n) is 15.8. The van der Waals surface area contributed by atoms with E-state index >= 15 is 0 Å². The maximum absolute atomic E-state index is 14.4. The maximum atomic E-state index is 14.4. The molecule has 1 saturated heterocycles. The van der Waals surface area contributed by atoms with Crippen LogP contribution in [0.5, 0.6) is 0 Å². The first-order chi connectivity index (χ1) is 21.8. The Morgan fingerprint density at radius 2 is 1.53 bits per heavy atom. The third kappa shape index (κ3) is 8.08. The van der Waals surface area contributed by atoms with Gasteiger partial charge in [-0.1, -0.05) is 110 Å². The first-order valence-corrected chi connectivity index (χ1v) is 15.8. The van der Waals surface area contributed by atoms with Gasteiger partial charge in [0.1, 0.15) is 6.04 Å². The fourth-order valence-corrected chi connectivity index (χ4v) is 6.56. The molecule has 1 heterocycles. The SMILES string of the molecule is CCC(NC(=N)N)[C@@H]1N[C@@H]([C@H](Cc2ccc3ccccc3c2)NC(C)=O)CCN(CC(c2ccccc2)c2ccccc2)C1=O. The highest BCUT2D eigenvalue weighted by Gasteiger charge is 2.39. The van der Waals surface area contributed by atoms with Crippen molar-refractivity contribution >= 4 is 28.5 Å². The lowest BCUT2D eigenvalue weighted by molar-refractivity contribution is -0.133. The van der Waals surface area contributed by atoms with Crippen molar-refractivity contribution in [1.82, 2.24) is 20.9 Å². The van der Waals surface area contributed by atoms with Gasteiger partial charge in [0.05, 0.1) is 6.04 Å². The predicted octanol–water partition coefficient (Wildman–Crippen LogP) is 4.54. The Morgan fingerprint density at radius 3 is 2.13 bits per heavy atom. The summed E-state index contributed by atoms with van der Waals surface area (Å²) in [6.45, 7) is 4.55. The third-order valence-electron chi connectivity index (χ3n) is 8.82. The van der Waals surface area contributed by atoms with Crippen LogP contribution >= 0.6 is 0 Å². The number of nitrogens with zero attached hydrogens (tertiary/aromatic N) is 1. The number of rotatable bonds is 11. The number of nitrogens with two attached hydrogens (primary N) is 1. The third-order valence-corrected chi connectivity index (χ3v) is 8.82. The summed E-state index contributed by atoms with van der Waals surface area (Å²) in [6, 6.07) is 33.7. The maximum Gasteiger partial charge on any atom is 0.241 e. The summed E-state index contributed by atoms with van der Waals surface area (Å²) in [5.74, 6) is -0.348. The molecule has 0 bridgehead atoms. The van der Waals surface area contributed by atoms with Crippen LogP contribution < -0.4 is 21.7 Å². The number of hydrogen-bond donors (Lipinski definition) is 5. The molecule has 4 aromatic carbocycles. The largest absolute Gasteiger partial charge is 0.370 e. The van der Waals surface area contributed by atoms with Crippen LogP contribution in [-0.2, 0) is 16.0 Å². The van der Waals surface area contributed by atoms with E-state index in [1.165, 1.54) is 12.3 Å². The first kappa shape index (κ1) is 31.7. The number of nitrogens with one attached hydrogen (secondary N) is 4. The number of guanidine groups is 1. The van der Waals surface area contributed by atoms with Crippen molar-refractivity contribution in [3.05, 3.63) is 120 Å². The molecule has 8 nitrogen and oxygen atoms in total. The molecule has 1 fully saturated rings.